The van der Waals surface area contributed by atoms with Gasteiger partial charge in [-0.25, -0.2) is 0 Å². The first-order valence-electron chi connectivity index (χ1n) is 6.72. The highest BCUT2D eigenvalue weighted by Gasteiger charge is 1.93. The first-order valence-corrected chi connectivity index (χ1v) is 6.72. The molecule has 102 valence electrons. The minimum absolute atomic E-state index is 0.988. The fourth-order valence-corrected chi connectivity index (χ4v) is 0.826. The van der Waals surface area contributed by atoms with Crippen molar-refractivity contribution in [1.29, 1.82) is 0 Å². The van der Waals surface area contributed by atoms with Crippen LogP contribution in [0.1, 0.15) is 55.4 Å². The predicted molar refractivity (Wildman–Crippen MR) is 83.3 cm³/mol. The van der Waals surface area contributed by atoms with Gasteiger partial charge in [0.2, 0.25) is 0 Å². The number of rotatable bonds is 4. The van der Waals surface area contributed by atoms with E-state index < -0.39 is 0 Å². The third-order valence-corrected chi connectivity index (χ3v) is 1.91. The van der Waals surface area contributed by atoms with E-state index >= 15 is 0 Å². The molecule has 0 spiro atoms. The van der Waals surface area contributed by atoms with E-state index in [0.29, 0.717) is 0 Å². The summed E-state index contributed by atoms with van der Waals surface area (Å²) in [6.45, 7) is 17.4. The number of nitrogens with zero attached hydrogens (tertiary/aromatic N) is 1. The molecule has 0 atom stereocenters. The average molecular weight is 239 g/mol. The lowest BCUT2D eigenvalue weighted by Crippen LogP contribution is -2.15. The Hall–Kier alpha value is -0.980. The van der Waals surface area contributed by atoms with Gasteiger partial charge in [-0.1, -0.05) is 51.5 Å². The van der Waals surface area contributed by atoms with Crippen molar-refractivity contribution in [2.75, 3.05) is 13.6 Å². The average Bonchev–Trinajstić information content (AvgIpc) is 2.37. The number of likely N-dealkylation sites (N-methyl/N-ethyl adjacent to an activating group) is 1. The van der Waals surface area contributed by atoms with Crippen LogP contribution in [0.4, 0.5) is 0 Å². The molecule has 0 heterocycles. The molecule has 0 unspecified atom stereocenters. The maximum atomic E-state index is 2.23. The Morgan fingerprint density at radius 2 is 1.47 bits per heavy atom. The van der Waals surface area contributed by atoms with Gasteiger partial charge in [0.1, 0.15) is 0 Å². The molecular weight excluding hydrogens is 206 g/mol. The van der Waals surface area contributed by atoms with E-state index in [1.54, 1.807) is 0 Å². The zero-order chi connectivity index (χ0) is 14.3. The van der Waals surface area contributed by atoms with Crippen molar-refractivity contribution in [2.24, 2.45) is 0 Å². The van der Waals surface area contributed by atoms with E-state index in [-0.39, 0.29) is 0 Å². The second kappa shape index (κ2) is 17.4. The van der Waals surface area contributed by atoms with Crippen molar-refractivity contribution in [3.8, 4) is 0 Å². The second-order valence-corrected chi connectivity index (χ2v) is 3.50. The Balaban J connectivity index is -0.000000439. The first-order chi connectivity index (χ1) is 8.07. The van der Waals surface area contributed by atoms with Crippen molar-refractivity contribution < 1.29 is 0 Å². The fourth-order valence-electron chi connectivity index (χ4n) is 0.826. The lowest BCUT2D eigenvalue weighted by Gasteiger charge is -2.17. The van der Waals surface area contributed by atoms with Gasteiger partial charge in [-0.3, -0.25) is 0 Å². The minimum atomic E-state index is 0.988. The van der Waals surface area contributed by atoms with Gasteiger partial charge in [0.15, 0.2) is 0 Å². The van der Waals surface area contributed by atoms with E-state index in [9.17, 15) is 0 Å². The number of hydrogen-bond acceptors (Lipinski definition) is 1. The summed E-state index contributed by atoms with van der Waals surface area (Å²) in [5.41, 5.74) is 2.65. The van der Waals surface area contributed by atoms with E-state index in [1.807, 2.05) is 40.7 Å². The summed E-state index contributed by atoms with van der Waals surface area (Å²) in [4.78, 5) is 2.23. The summed E-state index contributed by atoms with van der Waals surface area (Å²) in [6.07, 6.45) is 8.46. The summed E-state index contributed by atoms with van der Waals surface area (Å²) in [5.74, 6) is 0. The molecule has 0 saturated carbocycles. The Morgan fingerprint density at radius 1 is 1.00 bits per heavy atom. The van der Waals surface area contributed by atoms with Crippen molar-refractivity contribution in [2.45, 2.75) is 55.4 Å². The van der Waals surface area contributed by atoms with Crippen LogP contribution in [0, 0.1) is 0 Å². The Bertz CT molecular complexity index is 218. The molecule has 0 aromatic heterocycles. The van der Waals surface area contributed by atoms with Gasteiger partial charge < -0.3 is 4.90 Å². The van der Waals surface area contributed by atoms with E-state index in [4.69, 9.17) is 0 Å². The SMILES string of the molecule is C/C=C\C=C(/C)N(C)CC=C(C)C.CC.CC. The van der Waals surface area contributed by atoms with E-state index in [0.717, 1.165) is 6.54 Å². The first kappa shape index (κ1) is 21.3. The smallest absolute Gasteiger partial charge is 0.0355 e. The number of allylic oxidation sites excluding steroid dienone is 5. The standard InChI is InChI=1S/C12H21N.2C2H6/c1-6-7-8-12(4)13(5)10-9-11(2)3;2*1-2/h6-9H,10H2,1-5H3;2*1-2H3/b7-6-,12-8+;;. The number of hydrogen-bond donors (Lipinski definition) is 0. The molecule has 0 aliphatic carbocycles. The summed E-state index contributed by atoms with van der Waals surface area (Å²) < 4.78 is 0. The lowest BCUT2D eigenvalue weighted by molar-refractivity contribution is 0.465. The maximum Gasteiger partial charge on any atom is 0.0355 e. The largest absolute Gasteiger partial charge is 0.374 e. The molecule has 0 aliphatic heterocycles. The monoisotopic (exact) mass is 239 g/mol. The Labute approximate surface area is 110 Å². The third kappa shape index (κ3) is 17.6. The van der Waals surface area contributed by atoms with Crippen molar-refractivity contribution in [3.05, 3.63) is 35.6 Å². The molecule has 0 amide bonds. The highest BCUT2D eigenvalue weighted by molar-refractivity contribution is 5.10. The quantitative estimate of drug-likeness (QED) is 0.468. The lowest BCUT2D eigenvalue weighted by atomic mass is 10.3. The summed E-state index contributed by atoms with van der Waals surface area (Å²) >= 11 is 0. The van der Waals surface area contributed by atoms with Crippen LogP contribution in [-0.2, 0) is 0 Å². The van der Waals surface area contributed by atoms with Gasteiger partial charge >= 0.3 is 0 Å². The summed E-state index contributed by atoms with van der Waals surface area (Å²) in [7, 11) is 2.11. The minimum Gasteiger partial charge on any atom is -0.374 e. The van der Waals surface area contributed by atoms with Gasteiger partial charge in [-0.05, 0) is 33.8 Å². The molecule has 1 heteroatoms. The van der Waals surface area contributed by atoms with Crippen LogP contribution in [0.2, 0.25) is 0 Å². The molecule has 0 saturated heterocycles. The maximum absolute atomic E-state index is 2.23. The van der Waals surface area contributed by atoms with Crippen molar-refractivity contribution in [3.63, 3.8) is 0 Å². The van der Waals surface area contributed by atoms with Gasteiger partial charge in [0, 0.05) is 19.3 Å². The van der Waals surface area contributed by atoms with Crippen LogP contribution in [0.25, 0.3) is 0 Å². The van der Waals surface area contributed by atoms with Crippen LogP contribution in [-0.4, -0.2) is 18.5 Å². The topological polar surface area (TPSA) is 3.24 Å². The van der Waals surface area contributed by atoms with Crippen molar-refractivity contribution >= 4 is 0 Å². The van der Waals surface area contributed by atoms with Crippen LogP contribution < -0.4 is 0 Å². The van der Waals surface area contributed by atoms with E-state index in [1.165, 1.54) is 11.3 Å². The van der Waals surface area contributed by atoms with Gasteiger partial charge in [-0.15, -0.1) is 0 Å². The Kier molecular flexibility index (Phi) is 21.8. The molecule has 0 fully saturated rings. The van der Waals surface area contributed by atoms with Crippen LogP contribution in [0.15, 0.2) is 35.6 Å². The molecule has 17 heavy (non-hydrogen) atoms. The zero-order valence-electron chi connectivity index (χ0n) is 13.5. The zero-order valence-corrected chi connectivity index (χ0v) is 13.5. The molecule has 0 radical (unpaired) electrons. The second-order valence-electron chi connectivity index (χ2n) is 3.50. The normalized spacial score (nSPS) is 9.82. The van der Waals surface area contributed by atoms with Gasteiger partial charge in [0.25, 0.3) is 0 Å². The molecule has 0 aromatic carbocycles. The molecule has 1 nitrogen and oxygen atoms in total. The molecule has 0 N–H and O–H groups in total. The van der Waals surface area contributed by atoms with Gasteiger partial charge in [0.05, 0.1) is 0 Å². The van der Waals surface area contributed by atoms with Crippen LogP contribution in [0.3, 0.4) is 0 Å². The van der Waals surface area contributed by atoms with E-state index in [2.05, 4.69) is 50.9 Å². The molecule has 0 rings (SSSR count). The summed E-state index contributed by atoms with van der Waals surface area (Å²) in [5, 5.41) is 0. The Morgan fingerprint density at radius 3 is 1.82 bits per heavy atom. The summed E-state index contributed by atoms with van der Waals surface area (Å²) in [6, 6.07) is 0. The van der Waals surface area contributed by atoms with Crippen LogP contribution >= 0.6 is 0 Å². The molecule has 0 aliphatic rings. The third-order valence-electron chi connectivity index (χ3n) is 1.91. The molecular formula is C16H33N. The predicted octanol–water partition coefficient (Wildman–Crippen LogP) is 5.42. The highest BCUT2D eigenvalue weighted by Crippen LogP contribution is 2.01. The van der Waals surface area contributed by atoms with Crippen LogP contribution in [0.5, 0.6) is 0 Å². The highest BCUT2D eigenvalue weighted by atomic mass is 15.1. The van der Waals surface area contributed by atoms with Crippen molar-refractivity contribution in [1.82, 2.24) is 4.90 Å². The molecule has 0 bridgehead atoms. The van der Waals surface area contributed by atoms with Gasteiger partial charge in [-0.2, -0.15) is 0 Å². The fraction of sp³-hybridized carbons (Fsp3) is 0.625. The molecule has 0 aromatic rings.